The van der Waals surface area contributed by atoms with Gasteiger partial charge in [-0.05, 0) is 30.7 Å². The van der Waals surface area contributed by atoms with Gasteiger partial charge in [-0.25, -0.2) is 9.88 Å². The molecule has 0 spiro atoms. The predicted molar refractivity (Wildman–Crippen MR) is 97.5 cm³/mol. The molecule has 0 saturated carbocycles. The highest BCUT2D eigenvalue weighted by Gasteiger charge is 2.41. The molecular weight excluding hydrogens is 350 g/mol. The number of H-pyrrole nitrogens is 1. The Hall–Kier alpha value is -3.00. The van der Waals surface area contributed by atoms with Crippen LogP contribution in [0.3, 0.4) is 0 Å². The standard InChI is InChI=1S/C18H15N5O2S/c1-11-4-2-3-5-13(11)23-15(24)10-14(17(23)25)26-18-20-16(21-22-18)12-6-8-19-9-7-12/h2-9,14H,10H2,1H3,(H,20,21,22)/t14-/m0/s1. The number of carbonyl (C=O) groups excluding carboxylic acids is 2. The Kier molecular flexibility index (Phi) is 4.26. The number of para-hydroxylation sites is 1. The molecule has 2 aromatic heterocycles. The Morgan fingerprint density at radius 3 is 2.69 bits per heavy atom. The number of carbonyl (C=O) groups is 2. The first-order valence-electron chi connectivity index (χ1n) is 8.05. The smallest absolute Gasteiger partial charge is 0.247 e. The van der Waals surface area contributed by atoms with Gasteiger partial charge in [0.05, 0.1) is 5.69 Å². The number of amides is 2. The van der Waals surface area contributed by atoms with E-state index in [1.807, 2.05) is 37.3 Å². The normalized spacial score (nSPS) is 17.1. The van der Waals surface area contributed by atoms with Gasteiger partial charge in [0.2, 0.25) is 17.0 Å². The number of nitrogens with zero attached hydrogens (tertiary/aromatic N) is 4. The van der Waals surface area contributed by atoms with Gasteiger partial charge in [-0.1, -0.05) is 30.0 Å². The Morgan fingerprint density at radius 1 is 1.15 bits per heavy atom. The van der Waals surface area contributed by atoms with E-state index in [0.717, 1.165) is 11.1 Å². The molecule has 1 fully saturated rings. The minimum absolute atomic E-state index is 0.136. The van der Waals surface area contributed by atoms with Gasteiger partial charge >= 0.3 is 0 Å². The lowest BCUT2D eigenvalue weighted by molar-refractivity contribution is -0.121. The molecule has 3 aromatic rings. The number of imide groups is 1. The summed E-state index contributed by atoms with van der Waals surface area (Å²) in [5, 5.41) is 6.92. The Balaban J connectivity index is 1.53. The maximum Gasteiger partial charge on any atom is 0.247 e. The molecule has 0 unspecified atom stereocenters. The van der Waals surface area contributed by atoms with Crippen molar-refractivity contribution < 1.29 is 9.59 Å². The molecule has 130 valence electrons. The fourth-order valence-electron chi connectivity index (χ4n) is 2.83. The van der Waals surface area contributed by atoms with Crippen LogP contribution >= 0.6 is 11.8 Å². The van der Waals surface area contributed by atoms with E-state index in [2.05, 4.69) is 20.2 Å². The van der Waals surface area contributed by atoms with E-state index >= 15 is 0 Å². The lowest BCUT2D eigenvalue weighted by Gasteiger charge is -2.16. The molecule has 3 heterocycles. The maximum atomic E-state index is 12.8. The molecule has 26 heavy (non-hydrogen) atoms. The topological polar surface area (TPSA) is 91.8 Å². The second-order valence-electron chi connectivity index (χ2n) is 5.87. The van der Waals surface area contributed by atoms with Crippen molar-refractivity contribution in [2.24, 2.45) is 0 Å². The number of nitrogens with one attached hydrogen (secondary N) is 1. The highest BCUT2D eigenvalue weighted by atomic mass is 32.2. The summed E-state index contributed by atoms with van der Waals surface area (Å²) in [6, 6.07) is 11.0. The summed E-state index contributed by atoms with van der Waals surface area (Å²) in [4.78, 5) is 34.8. The average Bonchev–Trinajstić information content (AvgIpc) is 3.22. The van der Waals surface area contributed by atoms with Gasteiger partial charge in [0, 0.05) is 24.4 Å². The number of aryl methyl sites for hydroxylation is 1. The van der Waals surface area contributed by atoms with Gasteiger partial charge in [0.1, 0.15) is 5.25 Å². The summed E-state index contributed by atoms with van der Waals surface area (Å²) in [7, 11) is 0. The zero-order valence-corrected chi connectivity index (χ0v) is 14.7. The zero-order chi connectivity index (χ0) is 18.1. The van der Waals surface area contributed by atoms with Crippen molar-refractivity contribution in [2.45, 2.75) is 23.8 Å². The minimum Gasteiger partial charge on any atom is -0.274 e. The van der Waals surface area contributed by atoms with Crippen LogP contribution in [0.4, 0.5) is 5.69 Å². The quantitative estimate of drug-likeness (QED) is 0.715. The molecular formula is C18H15N5O2S. The van der Waals surface area contributed by atoms with Crippen LogP contribution in [0.25, 0.3) is 11.4 Å². The van der Waals surface area contributed by atoms with Gasteiger partial charge in [0.15, 0.2) is 5.82 Å². The molecule has 1 atom stereocenters. The molecule has 7 nitrogen and oxygen atoms in total. The van der Waals surface area contributed by atoms with Crippen LogP contribution in [0.2, 0.25) is 0 Å². The van der Waals surface area contributed by atoms with Crippen LogP contribution in [0.1, 0.15) is 12.0 Å². The van der Waals surface area contributed by atoms with Crippen molar-refractivity contribution in [1.82, 2.24) is 20.2 Å². The van der Waals surface area contributed by atoms with Crippen molar-refractivity contribution >= 4 is 29.3 Å². The average molecular weight is 365 g/mol. The molecule has 1 aromatic carbocycles. The summed E-state index contributed by atoms with van der Waals surface area (Å²) >= 11 is 1.20. The van der Waals surface area contributed by atoms with E-state index in [0.29, 0.717) is 16.7 Å². The number of hydrogen-bond donors (Lipinski definition) is 1. The number of aromatic nitrogens is 4. The first-order valence-corrected chi connectivity index (χ1v) is 8.93. The van der Waals surface area contributed by atoms with Crippen LogP contribution in [0.15, 0.2) is 53.9 Å². The molecule has 8 heteroatoms. The van der Waals surface area contributed by atoms with E-state index in [9.17, 15) is 9.59 Å². The van der Waals surface area contributed by atoms with Crippen LogP contribution in [0.5, 0.6) is 0 Å². The van der Waals surface area contributed by atoms with E-state index < -0.39 is 5.25 Å². The van der Waals surface area contributed by atoms with Crippen LogP contribution < -0.4 is 4.90 Å². The highest BCUT2D eigenvalue weighted by molar-refractivity contribution is 8.00. The number of benzene rings is 1. The number of rotatable bonds is 4. The Bertz CT molecular complexity index is 972. The van der Waals surface area contributed by atoms with Gasteiger partial charge in [-0.3, -0.25) is 19.7 Å². The van der Waals surface area contributed by atoms with Gasteiger partial charge in [-0.2, -0.15) is 0 Å². The predicted octanol–water partition coefficient (Wildman–Crippen LogP) is 2.60. The summed E-state index contributed by atoms with van der Waals surface area (Å²) in [5.41, 5.74) is 2.38. The fraction of sp³-hybridized carbons (Fsp3) is 0.167. The van der Waals surface area contributed by atoms with E-state index in [4.69, 9.17) is 0 Å². The molecule has 0 bridgehead atoms. The van der Waals surface area contributed by atoms with E-state index in [1.165, 1.54) is 16.7 Å². The summed E-state index contributed by atoms with van der Waals surface area (Å²) < 4.78 is 0. The first kappa shape index (κ1) is 16.5. The number of hydrogen-bond acceptors (Lipinski definition) is 6. The van der Waals surface area contributed by atoms with Crippen LogP contribution in [-0.4, -0.2) is 37.2 Å². The second kappa shape index (κ2) is 6.72. The monoisotopic (exact) mass is 365 g/mol. The molecule has 4 rings (SSSR count). The maximum absolute atomic E-state index is 12.8. The van der Waals surface area contributed by atoms with Crippen molar-refractivity contribution in [1.29, 1.82) is 0 Å². The molecule has 1 saturated heterocycles. The third kappa shape index (κ3) is 2.99. The SMILES string of the molecule is Cc1ccccc1N1C(=O)C[C@H](Sc2n[nH]c(-c3ccncc3)n2)C1=O. The Morgan fingerprint density at radius 2 is 1.92 bits per heavy atom. The minimum atomic E-state index is -0.525. The molecule has 0 radical (unpaired) electrons. The molecule has 1 N–H and O–H groups in total. The third-order valence-corrected chi connectivity index (χ3v) is 5.17. The second-order valence-corrected chi connectivity index (χ2v) is 7.04. The van der Waals surface area contributed by atoms with Gasteiger partial charge < -0.3 is 0 Å². The van der Waals surface area contributed by atoms with Gasteiger partial charge in [-0.15, -0.1) is 5.10 Å². The van der Waals surface area contributed by atoms with Crippen molar-refractivity contribution in [3.8, 4) is 11.4 Å². The van der Waals surface area contributed by atoms with Crippen molar-refractivity contribution in [3.63, 3.8) is 0 Å². The first-order chi connectivity index (χ1) is 12.6. The number of pyridine rings is 1. The van der Waals surface area contributed by atoms with Crippen LogP contribution in [-0.2, 0) is 9.59 Å². The van der Waals surface area contributed by atoms with Crippen LogP contribution in [0, 0.1) is 6.92 Å². The fourth-order valence-corrected chi connectivity index (χ4v) is 3.76. The van der Waals surface area contributed by atoms with Crippen molar-refractivity contribution in [3.05, 3.63) is 54.4 Å². The number of anilines is 1. The zero-order valence-electron chi connectivity index (χ0n) is 13.9. The molecule has 0 aliphatic carbocycles. The van der Waals surface area contributed by atoms with E-state index in [1.54, 1.807) is 18.5 Å². The number of thioether (sulfide) groups is 1. The van der Waals surface area contributed by atoms with Gasteiger partial charge in [0.25, 0.3) is 0 Å². The number of aromatic amines is 1. The molecule has 1 aliphatic rings. The largest absolute Gasteiger partial charge is 0.274 e. The summed E-state index contributed by atoms with van der Waals surface area (Å²) in [5.74, 6) is 0.165. The third-order valence-electron chi connectivity index (χ3n) is 4.13. The summed E-state index contributed by atoms with van der Waals surface area (Å²) in [6.07, 6.45) is 3.48. The molecule has 1 aliphatic heterocycles. The Labute approximate surface area is 153 Å². The highest BCUT2D eigenvalue weighted by Crippen LogP contribution is 2.34. The van der Waals surface area contributed by atoms with Crippen molar-refractivity contribution in [2.75, 3.05) is 4.90 Å². The van der Waals surface area contributed by atoms with E-state index in [-0.39, 0.29) is 18.2 Å². The molecule has 2 amide bonds. The lowest BCUT2D eigenvalue weighted by atomic mass is 10.2. The lowest BCUT2D eigenvalue weighted by Crippen LogP contribution is -2.31. The summed E-state index contributed by atoms with van der Waals surface area (Å²) in [6.45, 7) is 1.88.